The standard InChI is InChI=1S/C17H22N4O2S2/c1-4-8-20-15-14(25-17(20)24)16(23)19(10-18-15)9-13(22)21-11(2)6-5-7-12(21)3/h4,10-12H,1,5-9H2,2-3H3. The fraction of sp³-hybridized carbons (Fsp3) is 0.529. The van der Waals surface area contributed by atoms with Crippen LogP contribution in [0.15, 0.2) is 23.8 Å². The minimum Gasteiger partial charge on any atom is -0.336 e. The van der Waals surface area contributed by atoms with Crippen molar-refractivity contribution in [2.45, 2.75) is 58.3 Å². The molecule has 1 fully saturated rings. The van der Waals surface area contributed by atoms with E-state index in [0.717, 1.165) is 19.3 Å². The second-order valence-electron chi connectivity index (χ2n) is 6.53. The fourth-order valence-electron chi connectivity index (χ4n) is 3.51. The van der Waals surface area contributed by atoms with Crippen LogP contribution < -0.4 is 5.56 Å². The first-order valence-corrected chi connectivity index (χ1v) is 9.67. The largest absolute Gasteiger partial charge is 0.336 e. The Morgan fingerprint density at radius 1 is 1.44 bits per heavy atom. The number of nitrogens with zero attached hydrogens (tertiary/aromatic N) is 4. The number of piperidine rings is 1. The van der Waals surface area contributed by atoms with E-state index >= 15 is 0 Å². The lowest BCUT2D eigenvalue weighted by atomic mass is 9.97. The molecule has 3 rings (SSSR count). The van der Waals surface area contributed by atoms with Crippen LogP contribution in [0.2, 0.25) is 0 Å². The molecule has 1 saturated heterocycles. The molecule has 6 nitrogen and oxygen atoms in total. The van der Waals surface area contributed by atoms with Gasteiger partial charge in [0, 0.05) is 18.6 Å². The number of carbonyl (C=O) groups excluding carboxylic acids is 1. The van der Waals surface area contributed by atoms with Gasteiger partial charge in [-0.15, -0.1) is 6.58 Å². The Morgan fingerprint density at radius 2 is 2.12 bits per heavy atom. The smallest absolute Gasteiger partial charge is 0.273 e. The number of carbonyl (C=O) groups is 1. The van der Waals surface area contributed by atoms with Gasteiger partial charge >= 0.3 is 0 Å². The molecular weight excluding hydrogens is 356 g/mol. The number of allylic oxidation sites excluding steroid dienone is 1. The van der Waals surface area contributed by atoms with E-state index in [1.807, 2.05) is 4.90 Å². The molecule has 134 valence electrons. The van der Waals surface area contributed by atoms with Gasteiger partial charge < -0.3 is 9.47 Å². The monoisotopic (exact) mass is 378 g/mol. The summed E-state index contributed by atoms with van der Waals surface area (Å²) in [7, 11) is 0. The van der Waals surface area contributed by atoms with Crippen molar-refractivity contribution in [3.63, 3.8) is 0 Å². The van der Waals surface area contributed by atoms with Crippen molar-refractivity contribution in [3.05, 3.63) is 33.3 Å². The summed E-state index contributed by atoms with van der Waals surface area (Å²) in [6.45, 7) is 8.37. The highest BCUT2D eigenvalue weighted by Gasteiger charge is 2.29. The topological polar surface area (TPSA) is 60.1 Å². The van der Waals surface area contributed by atoms with E-state index in [-0.39, 0.29) is 30.1 Å². The quantitative estimate of drug-likeness (QED) is 0.606. The molecule has 2 atom stereocenters. The van der Waals surface area contributed by atoms with E-state index in [1.54, 1.807) is 10.6 Å². The molecule has 1 amide bonds. The van der Waals surface area contributed by atoms with Crippen LogP contribution in [0.4, 0.5) is 0 Å². The Hall–Kier alpha value is -1.80. The van der Waals surface area contributed by atoms with Gasteiger partial charge in [0.05, 0.1) is 0 Å². The Morgan fingerprint density at radius 3 is 2.76 bits per heavy atom. The van der Waals surface area contributed by atoms with E-state index in [0.29, 0.717) is 20.8 Å². The van der Waals surface area contributed by atoms with Crippen LogP contribution in [0.25, 0.3) is 10.3 Å². The van der Waals surface area contributed by atoms with Crippen LogP contribution in [-0.2, 0) is 17.9 Å². The molecule has 25 heavy (non-hydrogen) atoms. The van der Waals surface area contributed by atoms with Crippen LogP contribution in [0.1, 0.15) is 33.1 Å². The highest BCUT2D eigenvalue weighted by atomic mass is 32.1. The average molecular weight is 379 g/mol. The molecule has 0 spiro atoms. The summed E-state index contributed by atoms with van der Waals surface area (Å²) in [6.07, 6.45) is 6.32. The maximum atomic E-state index is 12.8. The lowest BCUT2D eigenvalue weighted by molar-refractivity contribution is -0.138. The highest BCUT2D eigenvalue weighted by molar-refractivity contribution is 7.73. The SMILES string of the molecule is C=CCn1c(=S)sc2c(=O)n(CC(=O)N3C(C)CCCC3C)cnc21. The van der Waals surface area contributed by atoms with Gasteiger partial charge in [0.15, 0.2) is 9.60 Å². The highest BCUT2D eigenvalue weighted by Crippen LogP contribution is 2.23. The minimum absolute atomic E-state index is 0.0164. The summed E-state index contributed by atoms with van der Waals surface area (Å²) < 4.78 is 4.25. The number of hydrogen-bond acceptors (Lipinski definition) is 5. The molecule has 0 aliphatic carbocycles. The lowest BCUT2D eigenvalue weighted by Crippen LogP contribution is -2.49. The van der Waals surface area contributed by atoms with E-state index < -0.39 is 0 Å². The average Bonchev–Trinajstić information content (AvgIpc) is 2.87. The van der Waals surface area contributed by atoms with Crippen molar-refractivity contribution >= 4 is 39.8 Å². The molecule has 0 N–H and O–H groups in total. The first-order chi connectivity index (χ1) is 11.9. The van der Waals surface area contributed by atoms with Crippen molar-refractivity contribution in [3.8, 4) is 0 Å². The normalized spacial score (nSPS) is 20.8. The molecule has 1 aliphatic rings. The summed E-state index contributed by atoms with van der Waals surface area (Å²) in [4.78, 5) is 31.8. The summed E-state index contributed by atoms with van der Waals surface area (Å²) in [5, 5.41) is 0. The minimum atomic E-state index is -0.213. The zero-order chi connectivity index (χ0) is 18.1. The molecule has 3 heterocycles. The second-order valence-corrected chi connectivity index (χ2v) is 8.17. The number of rotatable bonds is 4. The zero-order valence-electron chi connectivity index (χ0n) is 14.5. The number of aromatic nitrogens is 3. The van der Waals surface area contributed by atoms with Crippen LogP contribution in [0.3, 0.4) is 0 Å². The molecule has 2 aromatic heterocycles. The Kier molecular flexibility index (Phi) is 5.19. The molecule has 0 radical (unpaired) electrons. The van der Waals surface area contributed by atoms with Crippen LogP contribution in [0.5, 0.6) is 0 Å². The van der Waals surface area contributed by atoms with Crippen LogP contribution >= 0.6 is 23.6 Å². The number of amides is 1. The maximum Gasteiger partial charge on any atom is 0.273 e. The van der Waals surface area contributed by atoms with Gasteiger partial charge in [-0.3, -0.25) is 14.2 Å². The predicted molar refractivity (Wildman–Crippen MR) is 103 cm³/mol. The number of likely N-dealkylation sites (tertiary alicyclic amines) is 1. The van der Waals surface area contributed by atoms with Gasteiger partial charge in [0.1, 0.15) is 17.6 Å². The van der Waals surface area contributed by atoms with Crippen molar-refractivity contribution < 1.29 is 4.79 Å². The van der Waals surface area contributed by atoms with Gasteiger partial charge in [-0.1, -0.05) is 17.4 Å². The Bertz CT molecular complexity index is 917. The molecule has 2 aromatic rings. The number of fused-ring (bicyclic) bond motifs is 1. The molecule has 2 unspecified atom stereocenters. The zero-order valence-corrected chi connectivity index (χ0v) is 16.1. The molecule has 1 aliphatic heterocycles. The second kappa shape index (κ2) is 7.21. The van der Waals surface area contributed by atoms with E-state index in [4.69, 9.17) is 12.2 Å². The number of thiazole rings is 1. The predicted octanol–water partition coefficient (Wildman–Crippen LogP) is 2.96. The summed E-state index contributed by atoms with van der Waals surface area (Å²) in [6, 6.07) is 0.416. The van der Waals surface area contributed by atoms with Crippen molar-refractivity contribution in [2.75, 3.05) is 0 Å². The fourth-order valence-corrected chi connectivity index (χ4v) is 4.83. The Balaban J connectivity index is 1.93. The molecule has 0 bridgehead atoms. The summed E-state index contributed by atoms with van der Waals surface area (Å²) in [5.41, 5.74) is 0.345. The summed E-state index contributed by atoms with van der Waals surface area (Å²) in [5.74, 6) is -0.0305. The van der Waals surface area contributed by atoms with E-state index in [2.05, 4.69) is 25.4 Å². The van der Waals surface area contributed by atoms with Gasteiger partial charge in [0.25, 0.3) is 5.56 Å². The van der Waals surface area contributed by atoms with Crippen LogP contribution in [-0.4, -0.2) is 37.0 Å². The molecule has 0 saturated carbocycles. The van der Waals surface area contributed by atoms with Gasteiger partial charge in [-0.05, 0) is 45.3 Å². The molecular formula is C17H22N4O2S2. The van der Waals surface area contributed by atoms with Gasteiger partial charge in [-0.2, -0.15) is 0 Å². The third-order valence-electron chi connectivity index (χ3n) is 4.74. The molecule has 8 heteroatoms. The van der Waals surface area contributed by atoms with Crippen LogP contribution in [0, 0.1) is 3.95 Å². The van der Waals surface area contributed by atoms with E-state index in [1.165, 1.54) is 22.2 Å². The van der Waals surface area contributed by atoms with Crippen molar-refractivity contribution in [2.24, 2.45) is 0 Å². The lowest BCUT2D eigenvalue weighted by Gasteiger charge is -2.39. The summed E-state index contributed by atoms with van der Waals surface area (Å²) >= 11 is 6.55. The van der Waals surface area contributed by atoms with E-state index in [9.17, 15) is 9.59 Å². The molecule has 0 aromatic carbocycles. The van der Waals surface area contributed by atoms with Gasteiger partial charge in [0.2, 0.25) is 5.91 Å². The van der Waals surface area contributed by atoms with Crippen molar-refractivity contribution in [1.29, 1.82) is 0 Å². The third kappa shape index (κ3) is 3.32. The first kappa shape index (κ1) is 18.0. The van der Waals surface area contributed by atoms with Gasteiger partial charge in [-0.25, -0.2) is 4.98 Å². The Labute approximate surface area is 155 Å². The third-order valence-corrected chi connectivity index (χ3v) is 6.17. The number of hydrogen-bond donors (Lipinski definition) is 0. The first-order valence-electron chi connectivity index (χ1n) is 8.45. The maximum absolute atomic E-state index is 12.8. The van der Waals surface area contributed by atoms with Crippen molar-refractivity contribution in [1.82, 2.24) is 19.0 Å².